The molecule has 1 spiro atoms. The quantitative estimate of drug-likeness (QED) is 0.489. The van der Waals surface area contributed by atoms with Crippen molar-refractivity contribution in [3.8, 4) is 0 Å². The Labute approximate surface area is 70.9 Å². The average molecular weight is 168 g/mol. The number of imide groups is 1. The number of rotatable bonds is 0. The zero-order valence-corrected chi connectivity index (χ0v) is 7.09. The zero-order valence-electron chi connectivity index (χ0n) is 7.09. The Morgan fingerprint density at radius 3 is 2.67 bits per heavy atom. The van der Waals surface area contributed by atoms with Crippen LogP contribution in [0.25, 0.3) is 0 Å². The van der Waals surface area contributed by atoms with Crippen LogP contribution in [0.2, 0.25) is 0 Å². The van der Waals surface area contributed by atoms with E-state index in [1.54, 1.807) is 0 Å². The van der Waals surface area contributed by atoms with Crippen LogP contribution in [0, 0.1) is 5.41 Å². The molecule has 0 aromatic rings. The van der Waals surface area contributed by atoms with Crippen LogP contribution in [0.15, 0.2) is 0 Å². The summed E-state index contributed by atoms with van der Waals surface area (Å²) in [6, 6.07) is 0. The van der Waals surface area contributed by atoms with Crippen molar-refractivity contribution in [2.75, 3.05) is 20.1 Å². The Hall–Kier alpha value is -0.900. The van der Waals surface area contributed by atoms with Crippen LogP contribution < -0.4 is 5.32 Å². The molecule has 0 aromatic heterocycles. The van der Waals surface area contributed by atoms with E-state index >= 15 is 0 Å². The van der Waals surface area contributed by atoms with Gasteiger partial charge in [-0.2, -0.15) is 0 Å². The molecule has 0 aliphatic carbocycles. The molecule has 1 unspecified atom stereocenters. The molecule has 2 aliphatic heterocycles. The van der Waals surface area contributed by atoms with Gasteiger partial charge in [0, 0.05) is 13.0 Å². The van der Waals surface area contributed by atoms with Gasteiger partial charge in [0.2, 0.25) is 11.8 Å². The highest BCUT2D eigenvalue weighted by Crippen LogP contribution is 2.36. The number of hydrogen-bond donors (Lipinski definition) is 1. The monoisotopic (exact) mass is 168 g/mol. The van der Waals surface area contributed by atoms with Gasteiger partial charge >= 0.3 is 0 Å². The molecule has 2 rings (SSSR count). The molecule has 0 radical (unpaired) electrons. The first-order valence-electron chi connectivity index (χ1n) is 4.15. The number of carbonyl (C=O) groups excluding carboxylic acids is 2. The Kier molecular flexibility index (Phi) is 1.48. The van der Waals surface area contributed by atoms with Gasteiger partial charge in [-0.15, -0.1) is 0 Å². The van der Waals surface area contributed by atoms with Gasteiger partial charge in [0.15, 0.2) is 0 Å². The largest absolute Gasteiger partial charge is 0.305 e. The maximum absolute atomic E-state index is 11.4. The summed E-state index contributed by atoms with van der Waals surface area (Å²) >= 11 is 0. The van der Waals surface area contributed by atoms with Crippen molar-refractivity contribution < 1.29 is 9.59 Å². The highest BCUT2D eigenvalue weighted by Gasteiger charge is 2.49. The maximum atomic E-state index is 11.4. The van der Waals surface area contributed by atoms with E-state index in [4.69, 9.17) is 0 Å². The molecule has 1 N–H and O–H groups in total. The molecule has 2 fully saturated rings. The number of carbonyl (C=O) groups is 2. The minimum absolute atomic E-state index is 0.0724. The number of amides is 2. The van der Waals surface area contributed by atoms with Gasteiger partial charge in [0.1, 0.15) is 0 Å². The molecule has 2 amide bonds. The summed E-state index contributed by atoms with van der Waals surface area (Å²) in [5.74, 6) is -0.188. The van der Waals surface area contributed by atoms with Gasteiger partial charge in [-0.1, -0.05) is 0 Å². The first-order chi connectivity index (χ1) is 5.62. The van der Waals surface area contributed by atoms with Gasteiger partial charge in [0.05, 0.1) is 5.41 Å². The average Bonchev–Trinajstić information content (AvgIpc) is 2.43. The molecule has 2 aliphatic rings. The number of nitrogens with one attached hydrogen (secondary N) is 1. The lowest BCUT2D eigenvalue weighted by Crippen LogP contribution is -2.33. The van der Waals surface area contributed by atoms with Gasteiger partial charge in [0.25, 0.3) is 0 Å². The summed E-state index contributed by atoms with van der Waals surface area (Å²) in [6.07, 6.45) is 1.21. The lowest BCUT2D eigenvalue weighted by molar-refractivity contribution is -0.128. The van der Waals surface area contributed by atoms with E-state index in [1.807, 2.05) is 7.05 Å². The van der Waals surface area contributed by atoms with Crippen LogP contribution in [-0.4, -0.2) is 36.9 Å². The third kappa shape index (κ3) is 0.948. The summed E-state index contributed by atoms with van der Waals surface area (Å²) in [4.78, 5) is 24.5. The molecule has 4 nitrogen and oxygen atoms in total. The van der Waals surface area contributed by atoms with E-state index < -0.39 is 0 Å². The predicted molar refractivity (Wildman–Crippen MR) is 42.3 cm³/mol. The smallest absolute Gasteiger partial charge is 0.234 e. The molecule has 4 heteroatoms. The fraction of sp³-hybridized carbons (Fsp3) is 0.750. The summed E-state index contributed by atoms with van der Waals surface area (Å²) in [6.45, 7) is 1.64. The molecule has 0 bridgehead atoms. The molecule has 66 valence electrons. The SMILES string of the molecule is CN1CCC2(CC(=O)NC2=O)C1. The van der Waals surface area contributed by atoms with Gasteiger partial charge < -0.3 is 4.90 Å². The van der Waals surface area contributed by atoms with E-state index in [9.17, 15) is 9.59 Å². The Bertz CT molecular complexity index is 251. The fourth-order valence-corrected chi connectivity index (χ4v) is 2.10. The minimum atomic E-state index is -0.383. The van der Waals surface area contributed by atoms with Crippen molar-refractivity contribution in [1.82, 2.24) is 10.2 Å². The van der Waals surface area contributed by atoms with E-state index in [2.05, 4.69) is 10.2 Å². The predicted octanol–water partition coefficient (Wildman–Crippen LogP) is -0.645. The summed E-state index contributed by atoms with van der Waals surface area (Å²) in [7, 11) is 1.98. The Morgan fingerprint density at radius 2 is 2.25 bits per heavy atom. The van der Waals surface area contributed by atoms with E-state index in [0.717, 1.165) is 19.5 Å². The standard InChI is InChI=1S/C8H12N2O2/c1-10-3-2-8(5-10)4-6(11)9-7(8)12/h2-5H2,1H3,(H,9,11,12). The second-order valence-corrected chi connectivity index (χ2v) is 3.82. The Balaban J connectivity index is 2.22. The van der Waals surface area contributed by atoms with Gasteiger partial charge in [-0.3, -0.25) is 14.9 Å². The molecule has 2 heterocycles. The van der Waals surface area contributed by atoms with Crippen molar-refractivity contribution >= 4 is 11.8 Å². The summed E-state index contributed by atoms with van der Waals surface area (Å²) in [5, 5.41) is 2.37. The summed E-state index contributed by atoms with van der Waals surface area (Å²) < 4.78 is 0. The molecule has 12 heavy (non-hydrogen) atoms. The second kappa shape index (κ2) is 2.29. The number of likely N-dealkylation sites (tertiary alicyclic amines) is 1. The number of nitrogens with zero attached hydrogens (tertiary/aromatic N) is 1. The van der Waals surface area contributed by atoms with Crippen LogP contribution in [-0.2, 0) is 9.59 Å². The molecule has 0 saturated carbocycles. The van der Waals surface area contributed by atoms with Crippen LogP contribution in [0.4, 0.5) is 0 Å². The highest BCUT2D eigenvalue weighted by atomic mass is 16.2. The van der Waals surface area contributed by atoms with Crippen LogP contribution >= 0.6 is 0 Å². The first-order valence-corrected chi connectivity index (χ1v) is 4.15. The lowest BCUT2D eigenvalue weighted by Gasteiger charge is -2.17. The molecular formula is C8H12N2O2. The van der Waals surface area contributed by atoms with Crippen molar-refractivity contribution in [2.45, 2.75) is 12.8 Å². The molecule has 0 aromatic carbocycles. The highest BCUT2D eigenvalue weighted by molar-refractivity contribution is 6.06. The third-order valence-electron chi connectivity index (χ3n) is 2.78. The van der Waals surface area contributed by atoms with Crippen LogP contribution in [0.1, 0.15) is 12.8 Å². The molecule has 1 atom stereocenters. The fourth-order valence-electron chi connectivity index (χ4n) is 2.10. The van der Waals surface area contributed by atoms with Gasteiger partial charge in [-0.05, 0) is 20.0 Å². The van der Waals surface area contributed by atoms with Crippen molar-refractivity contribution in [1.29, 1.82) is 0 Å². The number of hydrogen-bond acceptors (Lipinski definition) is 3. The normalized spacial score (nSPS) is 36.4. The lowest BCUT2D eigenvalue weighted by atomic mass is 9.85. The van der Waals surface area contributed by atoms with E-state index in [1.165, 1.54) is 0 Å². The zero-order chi connectivity index (χ0) is 8.77. The van der Waals surface area contributed by atoms with Crippen LogP contribution in [0.3, 0.4) is 0 Å². The second-order valence-electron chi connectivity index (χ2n) is 3.82. The van der Waals surface area contributed by atoms with Crippen molar-refractivity contribution in [2.24, 2.45) is 5.41 Å². The Morgan fingerprint density at radius 1 is 1.50 bits per heavy atom. The van der Waals surface area contributed by atoms with E-state index in [0.29, 0.717) is 6.42 Å². The maximum Gasteiger partial charge on any atom is 0.234 e. The third-order valence-corrected chi connectivity index (χ3v) is 2.78. The van der Waals surface area contributed by atoms with E-state index in [-0.39, 0.29) is 17.2 Å². The molecular weight excluding hydrogens is 156 g/mol. The van der Waals surface area contributed by atoms with Crippen molar-refractivity contribution in [3.63, 3.8) is 0 Å². The van der Waals surface area contributed by atoms with Crippen molar-refractivity contribution in [3.05, 3.63) is 0 Å². The summed E-state index contributed by atoms with van der Waals surface area (Å²) in [5.41, 5.74) is -0.383. The first kappa shape index (κ1) is 7.73. The molecule has 2 saturated heterocycles. The van der Waals surface area contributed by atoms with Crippen LogP contribution in [0.5, 0.6) is 0 Å². The minimum Gasteiger partial charge on any atom is -0.305 e. The topological polar surface area (TPSA) is 49.4 Å². The van der Waals surface area contributed by atoms with Gasteiger partial charge in [-0.25, -0.2) is 0 Å².